The van der Waals surface area contributed by atoms with Gasteiger partial charge in [0, 0.05) is 31.2 Å². The number of hydrogen-bond acceptors (Lipinski definition) is 3. The smallest absolute Gasteiger partial charge is 0.244 e. The lowest BCUT2D eigenvalue weighted by atomic mass is 9.98. The summed E-state index contributed by atoms with van der Waals surface area (Å²) in [7, 11) is -3.76. The number of rotatable bonds is 3. The van der Waals surface area contributed by atoms with Crippen molar-refractivity contribution in [2.45, 2.75) is 30.6 Å². The first kappa shape index (κ1) is 18.0. The summed E-state index contributed by atoms with van der Waals surface area (Å²) in [6.45, 7) is 2.17. The molecule has 8 heteroatoms. The third-order valence-corrected chi connectivity index (χ3v) is 7.24. The third-order valence-electron chi connectivity index (χ3n) is 4.66. The molecule has 0 bridgehead atoms. The molecule has 2 fully saturated rings. The van der Waals surface area contributed by atoms with Gasteiger partial charge in [-0.1, -0.05) is 23.2 Å². The summed E-state index contributed by atoms with van der Waals surface area (Å²) in [5, 5.41) is 0.465. The van der Waals surface area contributed by atoms with Gasteiger partial charge >= 0.3 is 0 Å². The quantitative estimate of drug-likeness (QED) is 0.796. The van der Waals surface area contributed by atoms with Gasteiger partial charge in [0.25, 0.3) is 0 Å². The minimum atomic E-state index is -3.76. The van der Waals surface area contributed by atoms with Crippen LogP contribution in [0.1, 0.15) is 25.7 Å². The van der Waals surface area contributed by atoms with Crippen LogP contribution in [0, 0.1) is 5.92 Å². The molecule has 1 atom stereocenters. The number of halogens is 2. The number of nitrogens with zero attached hydrogens (tertiary/aromatic N) is 2. The van der Waals surface area contributed by atoms with E-state index in [0.29, 0.717) is 18.0 Å². The molecule has 0 saturated carbocycles. The van der Waals surface area contributed by atoms with Crippen LogP contribution in [0.25, 0.3) is 0 Å². The Morgan fingerprint density at radius 3 is 2.50 bits per heavy atom. The van der Waals surface area contributed by atoms with Crippen LogP contribution in [-0.2, 0) is 14.8 Å². The Morgan fingerprint density at radius 1 is 1.08 bits per heavy atom. The maximum atomic E-state index is 12.9. The Kier molecular flexibility index (Phi) is 5.39. The van der Waals surface area contributed by atoms with Gasteiger partial charge in [0.15, 0.2) is 0 Å². The van der Waals surface area contributed by atoms with E-state index < -0.39 is 10.0 Å². The van der Waals surface area contributed by atoms with Crippen molar-refractivity contribution >= 4 is 39.1 Å². The van der Waals surface area contributed by atoms with Crippen LogP contribution in [-0.4, -0.2) is 49.7 Å². The number of carbonyl (C=O) groups is 1. The van der Waals surface area contributed by atoms with E-state index in [1.807, 2.05) is 4.90 Å². The van der Waals surface area contributed by atoms with E-state index in [0.717, 1.165) is 32.4 Å². The number of benzene rings is 1. The summed E-state index contributed by atoms with van der Waals surface area (Å²) >= 11 is 12.0. The minimum Gasteiger partial charge on any atom is -0.342 e. The Bertz CT molecular complexity index is 733. The first-order chi connectivity index (χ1) is 11.4. The number of hydrogen-bond donors (Lipinski definition) is 0. The van der Waals surface area contributed by atoms with Crippen molar-refractivity contribution in [2.75, 3.05) is 26.2 Å². The van der Waals surface area contributed by atoms with Crippen molar-refractivity contribution in [2.24, 2.45) is 5.92 Å². The molecule has 132 valence electrons. The van der Waals surface area contributed by atoms with Crippen LogP contribution < -0.4 is 0 Å². The summed E-state index contributed by atoms with van der Waals surface area (Å²) in [6.07, 6.45) is 3.45. The van der Waals surface area contributed by atoms with Crippen LogP contribution in [0.4, 0.5) is 0 Å². The molecule has 3 rings (SSSR count). The largest absolute Gasteiger partial charge is 0.342 e. The van der Waals surface area contributed by atoms with Crippen molar-refractivity contribution in [1.82, 2.24) is 9.21 Å². The summed E-state index contributed by atoms with van der Waals surface area (Å²) in [5.41, 5.74) is 0. The normalized spacial score (nSPS) is 22.8. The molecule has 24 heavy (non-hydrogen) atoms. The second-order valence-electron chi connectivity index (χ2n) is 6.31. The van der Waals surface area contributed by atoms with Crippen LogP contribution in [0.2, 0.25) is 10.0 Å². The summed E-state index contributed by atoms with van der Waals surface area (Å²) in [4.78, 5) is 14.4. The summed E-state index contributed by atoms with van der Waals surface area (Å²) in [5.74, 6) is -0.200. The van der Waals surface area contributed by atoms with Gasteiger partial charge in [-0.3, -0.25) is 4.79 Å². The number of piperidine rings is 1. The highest BCUT2D eigenvalue weighted by Gasteiger charge is 2.36. The fraction of sp³-hybridized carbons (Fsp3) is 0.562. The molecule has 1 amide bonds. The molecule has 0 aliphatic carbocycles. The van der Waals surface area contributed by atoms with E-state index in [1.165, 1.54) is 16.4 Å². The van der Waals surface area contributed by atoms with Gasteiger partial charge in [-0.15, -0.1) is 0 Å². The highest BCUT2D eigenvalue weighted by Crippen LogP contribution is 2.31. The molecular weight excluding hydrogens is 371 g/mol. The Labute approximate surface area is 152 Å². The number of likely N-dealkylation sites (tertiary alicyclic amines) is 1. The standard InChI is InChI=1S/C16H20Cl2N2O3S/c17-13-5-6-14(18)15(10-13)24(22,23)20-9-3-4-12(11-20)16(21)19-7-1-2-8-19/h5-6,10,12H,1-4,7-9,11H2/t12-/m1/s1. The predicted octanol–water partition coefficient (Wildman–Crippen LogP) is 3.02. The first-order valence-electron chi connectivity index (χ1n) is 8.13. The zero-order valence-electron chi connectivity index (χ0n) is 13.2. The van der Waals surface area contributed by atoms with Crippen molar-refractivity contribution in [1.29, 1.82) is 0 Å². The third kappa shape index (κ3) is 3.57. The highest BCUT2D eigenvalue weighted by atomic mass is 35.5. The van der Waals surface area contributed by atoms with Gasteiger partial charge in [-0.2, -0.15) is 4.31 Å². The van der Waals surface area contributed by atoms with E-state index in [1.54, 1.807) is 6.07 Å². The number of carbonyl (C=O) groups excluding carboxylic acids is 1. The van der Waals surface area contributed by atoms with Crippen LogP contribution in [0.5, 0.6) is 0 Å². The Balaban J connectivity index is 1.80. The Morgan fingerprint density at radius 2 is 1.79 bits per heavy atom. The van der Waals surface area contributed by atoms with E-state index in [4.69, 9.17) is 23.2 Å². The molecule has 1 aromatic carbocycles. The van der Waals surface area contributed by atoms with Gasteiger partial charge in [0.05, 0.1) is 10.9 Å². The maximum Gasteiger partial charge on any atom is 0.244 e. The molecule has 0 N–H and O–H groups in total. The van der Waals surface area contributed by atoms with Crippen LogP contribution in [0.15, 0.2) is 23.1 Å². The van der Waals surface area contributed by atoms with Crippen molar-refractivity contribution in [3.8, 4) is 0 Å². The fourth-order valence-corrected chi connectivity index (χ4v) is 5.63. The number of amides is 1. The van der Waals surface area contributed by atoms with Gasteiger partial charge in [-0.25, -0.2) is 8.42 Å². The van der Waals surface area contributed by atoms with E-state index in [-0.39, 0.29) is 28.3 Å². The monoisotopic (exact) mass is 390 g/mol. The van der Waals surface area contributed by atoms with Crippen molar-refractivity contribution < 1.29 is 13.2 Å². The lowest BCUT2D eigenvalue weighted by molar-refractivity contribution is -0.135. The van der Waals surface area contributed by atoms with Crippen LogP contribution in [0.3, 0.4) is 0 Å². The first-order valence-corrected chi connectivity index (χ1v) is 10.3. The number of sulfonamides is 1. The molecule has 2 heterocycles. The molecule has 2 saturated heterocycles. The van der Waals surface area contributed by atoms with E-state index >= 15 is 0 Å². The molecular formula is C16H20Cl2N2O3S. The molecule has 0 radical (unpaired) electrons. The molecule has 1 aromatic rings. The van der Waals surface area contributed by atoms with Gasteiger partial charge in [-0.05, 0) is 43.9 Å². The molecule has 5 nitrogen and oxygen atoms in total. The SMILES string of the molecule is O=C([C@@H]1CCCN(S(=O)(=O)c2cc(Cl)ccc2Cl)C1)N1CCCC1. The second kappa shape index (κ2) is 7.20. The fourth-order valence-electron chi connectivity index (χ4n) is 3.37. The summed E-state index contributed by atoms with van der Waals surface area (Å²) in [6, 6.07) is 4.40. The zero-order valence-corrected chi connectivity index (χ0v) is 15.6. The van der Waals surface area contributed by atoms with Crippen LogP contribution >= 0.6 is 23.2 Å². The van der Waals surface area contributed by atoms with Crippen molar-refractivity contribution in [3.05, 3.63) is 28.2 Å². The van der Waals surface area contributed by atoms with Gasteiger partial charge < -0.3 is 4.90 Å². The lowest BCUT2D eigenvalue weighted by Crippen LogP contribution is -2.46. The minimum absolute atomic E-state index is 0.00550. The molecule has 0 unspecified atom stereocenters. The molecule has 2 aliphatic heterocycles. The second-order valence-corrected chi connectivity index (χ2v) is 9.06. The van der Waals surface area contributed by atoms with Gasteiger partial charge in [0.2, 0.25) is 15.9 Å². The molecule has 0 aromatic heterocycles. The van der Waals surface area contributed by atoms with E-state index in [9.17, 15) is 13.2 Å². The average molecular weight is 391 g/mol. The maximum absolute atomic E-state index is 12.9. The summed E-state index contributed by atoms with van der Waals surface area (Å²) < 4.78 is 27.2. The highest BCUT2D eigenvalue weighted by molar-refractivity contribution is 7.89. The lowest BCUT2D eigenvalue weighted by Gasteiger charge is -2.33. The van der Waals surface area contributed by atoms with Gasteiger partial charge in [0.1, 0.15) is 4.90 Å². The Hall–Kier alpha value is -0.820. The molecule has 0 spiro atoms. The van der Waals surface area contributed by atoms with E-state index in [2.05, 4.69) is 0 Å². The molecule has 2 aliphatic rings. The zero-order chi connectivity index (χ0) is 17.3. The average Bonchev–Trinajstić information content (AvgIpc) is 3.11. The predicted molar refractivity (Wildman–Crippen MR) is 93.8 cm³/mol. The van der Waals surface area contributed by atoms with Crippen molar-refractivity contribution in [3.63, 3.8) is 0 Å². The topological polar surface area (TPSA) is 57.7 Å².